The van der Waals surface area contributed by atoms with Gasteiger partial charge in [0.1, 0.15) is 12.6 Å². The monoisotopic (exact) mass is 558 g/mol. The zero-order chi connectivity index (χ0) is 28.8. The molecule has 0 aliphatic heterocycles. The number of aliphatic carboxylic acids is 1. The summed E-state index contributed by atoms with van der Waals surface area (Å²) < 4.78 is 16.4. The molecular formula is C30H58N2O7. The van der Waals surface area contributed by atoms with Gasteiger partial charge in [-0.2, -0.15) is 0 Å². The van der Waals surface area contributed by atoms with Crippen LogP contribution in [0, 0.1) is 0 Å². The molecule has 0 unspecified atom stereocenters. The van der Waals surface area contributed by atoms with Crippen molar-refractivity contribution in [1.82, 2.24) is 10.6 Å². The van der Waals surface area contributed by atoms with Crippen LogP contribution in [0.5, 0.6) is 0 Å². The van der Waals surface area contributed by atoms with Crippen LogP contribution in [-0.2, 0) is 28.6 Å². The topological polar surface area (TPSA) is 123 Å². The summed E-state index contributed by atoms with van der Waals surface area (Å²) in [6.45, 7) is 6.75. The largest absolute Gasteiger partial charge is 0.481 e. The number of unbranched alkanes of at least 4 members (excludes halogenated alkanes) is 14. The third kappa shape index (κ3) is 27.6. The van der Waals surface area contributed by atoms with E-state index in [9.17, 15) is 14.4 Å². The van der Waals surface area contributed by atoms with E-state index in [1.165, 1.54) is 77.0 Å². The summed E-state index contributed by atoms with van der Waals surface area (Å²) in [5.41, 5.74) is 0. The van der Waals surface area contributed by atoms with Gasteiger partial charge >= 0.3 is 5.97 Å². The summed E-state index contributed by atoms with van der Waals surface area (Å²) in [5, 5.41) is 14.2. The molecule has 0 aliphatic rings. The Labute approximate surface area is 237 Å². The Morgan fingerprint density at radius 1 is 0.615 bits per heavy atom. The van der Waals surface area contributed by atoms with E-state index in [0.717, 1.165) is 25.7 Å². The molecular weight excluding hydrogens is 500 g/mol. The highest BCUT2D eigenvalue weighted by atomic mass is 16.5. The molecule has 0 aliphatic carbocycles. The van der Waals surface area contributed by atoms with E-state index in [1.807, 2.05) is 0 Å². The Morgan fingerprint density at radius 2 is 1.08 bits per heavy atom. The fourth-order valence-corrected chi connectivity index (χ4v) is 4.15. The van der Waals surface area contributed by atoms with Gasteiger partial charge in [0, 0.05) is 19.8 Å². The molecule has 0 rings (SSSR count). The number of hydrogen-bond acceptors (Lipinski definition) is 6. The van der Waals surface area contributed by atoms with Gasteiger partial charge < -0.3 is 30.0 Å². The number of rotatable bonds is 30. The molecule has 230 valence electrons. The normalized spacial score (nSPS) is 11.8. The van der Waals surface area contributed by atoms with Crippen LogP contribution in [0.25, 0.3) is 0 Å². The quantitative estimate of drug-likeness (QED) is 0.101. The predicted molar refractivity (Wildman–Crippen MR) is 155 cm³/mol. The third-order valence-corrected chi connectivity index (χ3v) is 6.47. The number of carbonyl (C=O) groups excluding carboxylic acids is 2. The zero-order valence-corrected chi connectivity index (χ0v) is 24.9. The maximum absolute atomic E-state index is 12.4. The molecule has 3 N–H and O–H groups in total. The van der Waals surface area contributed by atoms with Crippen molar-refractivity contribution in [3.63, 3.8) is 0 Å². The van der Waals surface area contributed by atoms with Crippen LogP contribution in [0.4, 0.5) is 0 Å². The Hall–Kier alpha value is -1.71. The number of carbonyl (C=O) groups is 3. The van der Waals surface area contributed by atoms with E-state index in [0.29, 0.717) is 26.4 Å². The van der Waals surface area contributed by atoms with Crippen molar-refractivity contribution in [2.24, 2.45) is 0 Å². The summed E-state index contributed by atoms with van der Waals surface area (Å²) in [6.07, 6.45) is 19.2. The van der Waals surface area contributed by atoms with E-state index >= 15 is 0 Å². The lowest BCUT2D eigenvalue weighted by Gasteiger charge is -2.17. The Kier molecular flexibility index (Phi) is 28.0. The van der Waals surface area contributed by atoms with Gasteiger partial charge in [0.2, 0.25) is 11.8 Å². The van der Waals surface area contributed by atoms with Gasteiger partial charge in [0.15, 0.2) is 0 Å². The van der Waals surface area contributed by atoms with Crippen molar-refractivity contribution in [2.45, 2.75) is 129 Å². The van der Waals surface area contributed by atoms with Crippen LogP contribution >= 0.6 is 0 Å². The zero-order valence-electron chi connectivity index (χ0n) is 24.9. The highest BCUT2D eigenvalue weighted by molar-refractivity contribution is 5.90. The lowest BCUT2D eigenvalue weighted by atomic mass is 10.1. The molecule has 0 saturated carbocycles. The Morgan fingerprint density at radius 3 is 1.59 bits per heavy atom. The van der Waals surface area contributed by atoms with E-state index < -0.39 is 30.2 Å². The minimum atomic E-state index is -1.17. The summed E-state index contributed by atoms with van der Waals surface area (Å²) >= 11 is 0. The molecule has 9 heteroatoms. The minimum Gasteiger partial charge on any atom is -0.481 e. The third-order valence-electron chi connectivity index (χ3n) is 6.47. The average Bonchev–Trinajstić information content (AvgIpc) is 2.91. The van der Waals surface area contributed by atoms with Crippen molar-refractivity contribution in [1.29, 1.82) is 0 Å². The van der Waals surface area contributed by atoms with Gasteiger partial charge in [0.25, 0.3) is 0 Å². The number of nitrogens with one attached hydrogen (secondary N) is 2. The minimum absolute atomic E-state index is 0.258. The molecule has 0 aromatic carbocycles. The Balaban J connectivity index is 3.81. The maximum Gasteiger partial charge on any atom is 0.305 e. The number of carboxylic acid groups (broad SMARTS) is 1. The number of ether oxygens (including phenoxy) is 3. The van der Waals surface area contributed by atoms with Gasteiger partial charge in [-0.25, -0.2) is 0 Å². The average molecular weight is 559 g/mol. The summed E-state index contributed by atoms with van der Waals surface area (Å²) in [7, 11) is 0. The molecule has 2 amide bonds. The van der Waals surface area contributed by atoms with E-state index in [-0.39, 0.29) is 19.8 Å². The van der Waals surface area contributed by atoms with Crippen LogP contribution in [0.3, 0.4) is 0 Å². The second-order valence-corrected chi connectivity index (χ2v) is 10.2. The standard InChI is InChI=1S/C30H58N2O7/c1-3-5-7-9-11-13-15-17-20-37-22-19-31-30(36)27(25-29(34)35)32-28(33)26-39-24-23-38-21-18-16-14-12-10-8-6-4-2/h27H,3-26H2,1-2H3,(H,31,36)(H,32,33)(H,34,35)/t27-/m0/s1. The lowest BCUT2D eigenvalue weighted by Crippen LogP contribution is -2.49. The first-order valence-corrected chi connectivity index (χ1v) is 15.5. The lowest BCUT2D eigenvalue weighted by molar-refractivity contribution is -0.141. The first kappa shape index (κ1) is 37.3. The van der Waals surface area contributed by atoms with Gasteiger partial charge in [-0.15, -0.1) is 0 Å². The van der Waals surface area contributed by atoms with Crippen LogP contribution < -0.4 is 10.6 Å². The maximum atomic E-state index is 12.4. The highest BCUT2D eigenvalue weighted by Crippen LogP contribution is 2.09. The second-order valence-electron chi connectivity index (χ2n) is 10.2. The summed E-state index contributed by atoms with van der Waals surface area (Å²) in [5.74, 6) is -2.25. The van der Waals surface area contributed by atoms with Crippen LogP contribution in [0.2, 0.25) is 0 Å². The molecule has 39 heavy (non-hydrogen) atoms. The predicted octanol–water partition coefficient (Wildman–Crippen LogP) is 5.39. The number of hydrogen-bond donors (Lipinski definition) is 3. The molecule has 0 radical (unpaired) electrons. The smallest absolute Gasteiger partial charge is 0.305 e. The van der Waals surface area contributed by atoms with E-state index in [1.54, 1.807) is 0 Å². The molecule has 0 bridgehead atoms. The van der Waals surface area contributed by atoms with Gasteiger partial charge in [-0.1, -0.05) is 104 Å². The van der Waals surface area contributed by atoms with Gasteiger partial charge in [-0.05, 0) is 12.8 Å². The first-order valence-electron chi connectivity index (χ1n) is 15.5. The second kappa shape index (κ2) is 29.3. The van der Waals surface area contributed by atoms with Crippen molar-refractivity contribution in [3.05, 3.63) is 0 Å². The number of carboxylic acids is 1. The highest BCUT2D eigenvalue weighted by Gasteiger charge is 2.23. The molecule has 0 heterocycles. The van der Waals surface area contributed by atoms with Crippen LogP contribution in [0.15, 0.2) is 0 Å². The molecule has 0 saturated heterocycles. The van der Waals surface area contributed by atoms with Crippen molar-refractivity contribution in [2.75, 3.05) is 46.2 Å². The van der Waals surface area contributed by atoms with Gasteiger partial charge in [-0.3, -0.25) is 14.4 Å². The molecule has 0 spiro atoms. The van der Waals surface area contributed by atoms with Gasteiger partial charge in [0.05, 0.1) is 26.2 Å². The van der Waals surface area contributed by atoms with Crippen molar-refractivity contribution < 1.29 is 33.7 Å². The molecule has 0 aromatic rings. The summed E-state index contributed by atoms with van der Waals surface area (Å²) in [6, 6.07) is -1.16. The molecule has 9 nitrogen and oxygen atoms in total. The number of amides is 2. The van der Waals surface area contributed by atoms with Crippen molar-refractivity contribution in [3.8, 4) is 0 Å². The SMILES string of the molecule is CCCCCCCCCCOCCNC(=O)[C@H](CC(=O)O)NC(=O)COCCOCCCCCCCCCC. The van der Waals surface area contributed by atoms with E-state index in [4.69, 9.17) is 19.3 Å². The first-order chi connectivity index (χ1) is 19.0. The van der Waals surface area contributed by atoms with Crippen LogP contribution in [-0.4, -0.2) is 75.1 Å². The fourth-order valence-electron chi connectivity index (χ4n) is 4.15. The van der Waals surface area contributed by atoms with Crippen LogP contribution in [0.1, 0.15) is 123 Å². The molecule has 0 fully saturated rings. The fraction of sp³-hybridized carbons (Fsp3) is 0.900. The molecule has 0 aromatic heterocycles. The van der Waals surface area contributed by atoms with Crippen molar-refractivity contribution >= 4 is 17.8 Å². The summed E-state index contributed by atoms with van der Waals surface area (Å²) in [4.78, 5) is 35.7. The van der Waals surface area contributed by atoms with E-state index in [2.05, 4.69) is 24.5 Å². The Bertz CT molecular complexity index is 590. The molecule has 1 atom stereocenters.